The van der Waals surface area contributed by atoms with E-state index in [2.05, 4.69) is 27.7 Å². The van der Waals surface area contributed by atoms with Crippen LogP contribution in [0.3, 0.4) is 0 Å². The van der Waals surface area contributed by atoms with Crippen molar-refractivity contribution in [2.45, 2.75) is 115 Å². The van der Waals surface area contributed by atoms with Crippen molar-refractivity contribution in [1.29, 1.82) is 0 Å². The third-order valence-electron chi connectivity index (χ3n) is 12.9. The summed E-state index contributed by atoms with van der Waals surface area (Å²) in [5.74, 6) is 3.28. The molecule has 4 N–H and O–H groups in total. The monoisotopic (exact) mass is 476 g/mol. The summed E-state index contributed by atoms with van der Waals surface area (Å²) in [6.45, 7) is 9.83. The van der Waals surface area contributed by atoms with Crippen molar-refractivity contribution in [2.24, 2.45) is 58.2 Å². The van der Waals surface area contributed by atoms with Crippen LogP contribution in [0.4, 0.5) is 0 Å². The molecule has 1 saturated heterocycles. The molecule has 5 heteroatoms. The van der Waals surface area contributed by atoms with Gasteiger partial charge in [0.15, 0.2) is 0 Å². The fraction of sp³-hybridized carbons (Fsp3) is 1.00. The molecule has 5 aliphatic carbocycles. The Morgan fingerprint density at radius 2 is 1.68 bits per heavy atom. The summed E-state index contributed by atoms with van der Waals surface area (Å²) in [7, 11) is 0. The van der Waals surface area contributed by atoms with Crippen LogP contribution in [0.2, 0.25) is 0 Å². The molecule has 15 atom stereocenters. The molecule has 0 aromatic carbocycles. The zero-order valence-corrected chi connectivity index (χ0v) is 21.7. The van der Waals surface area contributed by atoms with Crippen LogP contribution in [-0.4, -0.2) is 57.0 Å². The second-order valence-corrected chi connectivity index (χ2v) is 14.3. The van der Waals surface area contributed by atoms with Crippen molar-refractivity contribution in [3.8, 4) is 0 Å². The van der Waals surface area contributed by atoms with Crippen LogP contribution in [0.5, 0.6) is 0 Å². The zero-order valence-electron chi connectivity index (χ0n) is 21.7. The Morgan fingerprint density at radius 1 is 0.971 bits per heavy atom. The summed E-state index contributed by atoms with van der Waals surface area (Å²) in [5, 5.41) is 45.1. The molecule has 0 radical (unpaired) electrons. The van der Waals surface area contributed by atoms with Crippen LogP contribution in [0, 0.1) is 58.2 Å². The van der Waals surface area contributed by atoms with E-state index in [0.717, 1.165) is 63.2 Å². The first kappa shape index (κ1) is 24.2. The van der Waals surface area contributed by atoms with E-state index < -0.39 is 17.8 Å². The highest BCUT2D eigenvalue weighted by molar-refractivity contribution is 5.20. The summed E-state index contributed by atoms with van der Waals surface area (Å²) in [4.78, 5) is 0. The fourth-order valence-corrected chi connectivity index (χ4v) is 10.5. The minimum Gasteiger partial charge on any atom is -0.393 e. The number of hydrogen-bond donors (Lipinski definition) is 4. The van der Waals surface area contributed by atoms with Crippen molar-refractivity contribution >= 4 is 0 Å². The molecule has 194 valence electrons. The molecule has 0 amide bonds. The molecule has 0 aromatic heterocycles. The Kier molecular flexibility index (Phi) is 5.61. The third-order valence-corrected chi connectivity index (χ3v) is 12.9. The van der Waals surface area contributed by atoms with Crippen LogP contribution >= 0.6 is 0 Å². The highest BCUT2D eigenvalue weighted by Crippen LogP contribution is 2.70. The van der Waals surface area contributed by atoms with Gasteiger partial charge in [-0.05, 0) is 105 Å². The maximum atomic E-state index is 11.8. The molecule has 6 rings (SSSR count). The molecule has 34 heavy (non-hydrogen) atoms. The standard InChI is InChI=1S/C29H48O5/c1-15-9-19(15)16(2)10-25(33)29(14-34-29)23-6-5-20-26-21(13-24(32)28(20,23)4)27(3)8-7-18(30)11-17(27)12-22(26)31/h15-26,30-33H,5-14H2,1-4H3/t15-,16-,17+,18-,19-,20+,21+,22-,23+,24-,25-,26+,27+,28+,29+/m1/s1. The Bertz CT molecular complexity index is 797. The van der Waals surface area contributed by atoms with Gasteiger partial charge in [0.25, 0.3) is 0 Å². The Balaban J connectivity index is 1.26. The Hall–Kier alpha value is -0.200. The smallest absolute Gasteiger partial charge is 0.121 e. The van der Waals surface area contributed by atoms with Crippen LogP contribution in [0.1, 0.15) is 85.5 Å². The number of ether oxygens (including phenoxy) is 1. The SMILES string of the molecule is C[C@@H]1C[C@H]1[C@H](C)C[C@@H](O)[C@@]1([C@H]2CC[C@H]3[C@@H]4[C@H](O)C[C@@H]5C[C@H](O)CC[C@]5(C)[C@H]4C[C@@H](O)[C@]23C)CO1. The van der Waals surface area contributed by atoms with Crippen LogP contribution in [0.15, 0.2) is 0 Å². The number of epoxide rings is 1. The van der Waals surface area contributed by atoms with Crippen molar-refractivity contribution in [3.63, 3.8) is 0 Å². The predicted molar refractivity (Wildman–Crippen MR) is 130 cm³/mol. The number of hydrogen-bond acceptors (Lipinski definition) is 5. The van der Waals surface area contributed by atoms with Crippen LogP contribution in [0.25, 0.3) is 0 Å². The van der Waals surface area contributed by atoms with Gasteiger partial charge in [0.1, 0.15) is 5.60 Å². The molecule has 1 heterocycles. The van der Waals surface area contributed by atoms with E-state index in [-0.39, 0.29) is 40.8 Å². The first-order valence-corrected chi connectivity index (χ1v) is 14.4. The van der Waals surface area contributed by atoms with Gasteiger partial charge in [-0.25, -0.2) is 0 Å². The van der Waals surface area contributed by atoms with E-state index in [1.165, 1.54) is 6.42 Å². The lowest BCUT2D eigenvalue weighted by atomic mass is 9.43. The minimum atomic E-state index is -0.509. The lowest BCUT2D eigenvalue weighted by Crippen LogP contribution is -2.63. The summed E-state index contributed by atoms with van der Waals surface area (Å²) in [6.07, 6.45) is 6.67. The van der Waals surface area contributed by atoms with Gasteiger partial charge >= 0.3 is 0 Å². The fourth-order valence-electron chi connectivity index (χ4n) is 10.5. The van der Waals surface area contributed by atoms with Crippen molar-refractivity contribution < 1.29 is 25.2 Å². The van der Waals surface area contributed by atoms with E-state index >= 15 is 0 Å². The van der Waals surface area contributed by atoms with Gasteiger partial charge in [-0.3, -0.25) is 0 Å². The second-order valence-electron chi connectivity index (χ2n) is 14.3. The average molecular weight is 477 g/mol. The quantitative estimate of drug-likeness (QED) is 0.454. The molecule has 1 aliphatic heterocycles. The highest BCUT2D eigenvalue weighted by atomic mass is 16.6. The first-order chi connectivity index (χ1) is 16.0. The third kappa shape index (κ3) is 3.29. The maximum Gasteiger partial charge on any atom is 0.121 e. The second kappa shape index (κ2) is 7.90. The number of aliphatic hydroxyl groups is 4. The average Bonchev–Trinajstić information content (AvgIpc) is 3.69. The van der Waals surface area contributed by atoms with E-state index in [4.69, 9.17) is 4.74 Å². The normalized spacial score (nSPS) is 60.0. The van der Waals surface area contributed by atoms with E-state index in [1.54, 1.807) is 0 Å². The Labute approximate surface area is 205 Å². The molecule has 0 bridgehead atoms. The largest absolute Gasteiger partial charge is 0.393 e. The van der Waals surface area contributed by atoms with Crippen molar-refractivity contribution in [2.75, 3.05) is 6.61 Å². The Morgan fingerprint density at radius 3 is 2.32 bits per heavy atom. The number of rotatable bonds is 5. The van der Waals surface area contributed by atoms with Gasteiger partial charge in [0, 0.05) is 11.3 Å². The van der Waals surface area contributed by atoms with Gasteiger partial charge in [0.05, 0.1) is 31.0 Å². The first-order valence-electron chi connectivity index (χ1n) is 14.4. The minimum absolute atomic E-state index is 0.0905. The molecule has 0 unspecified atom stereocenters. The maximum absolute atomic E-state index is 11.8. The molecule has 0 aromatic rings. The lowest BCUT2D eigenvalue weighted by Gasteiger charge is -2.63. The molecule has 6 fully saturated rings. The van der Waals surface area contributed by atoms with E-state index in [1.807, 2.05) is 0 Å². The molecule has 6 aliphatic rings. The van der Waals surface area contributed by atoms with Gasteiger partial charge in [0.2, 0.25) is 0 Å². The summed E-state index contributed by atoms with van der Waals surface area (Å²) in [5.41, 5.74) is -0.745. The summed E-state index contributed by atoms with van der Waals surface area (Å²) < 4.78 is 6.16. The summed E-state index contributed by atoms with van der Waals surface area (Å²) >= 11 is 0. The van der Waals surface area contributed by atoms with Crippen LogP contribution in [-0.2, 0) is 4.74 Å². The van der Waals surface area contributed by atoms with Gasteiger partial charge in [-0.15, -0.1) is 0 Å². The molecular weight excluding hydrogens is 428 g/mol. The van der Waals surface area contributed by atoms with Crippen molar-refractivity contribution in [3.05, 3.63) is 0 Å². The van der Waals surface area contributed by atoms with Crippen molar-refractivity contribution in [1.82, 2.24) is 0 Å². The van der Waals surface area contributed by atoms with Gasteiger partial charge in [-0.2, -0.15) is 0 Å². The van der Waals surface area contributed by atoms with Gasteiger partial charge in [-0.1, -0.05) is 27.7 Å². The number of aliphatic hydroxyl groups excluding tert-OH is 4. The summed E-state index contributed by atoms with van der Waals surface area (Å²) in [6, 6.07) is 0. The lowest BCUT2D eigenvalue weighted by molar-refractivity contribution is -0.210. The van der Waals surface area contributed by atoms with Gasteiger partial charge < -0.3 is 25.2 Å². The molecule has 0 spiro atoms. The molecular formula is C29H48O5. The topological polar surface area (TPSA) is 93.5 Å². The highest BCUT2D eigenvalue weighted by Gasteiger charge is 2.72. The van der Waals surface area contributed by atoms with E-state index in [0.29, 0.717) is 24.4 Å². The number of fused-ring (bicyclic) bond motifs is 5. The van der Waals surface area contributed by atoms with E-state index in [9.17, 15) is 20.4 Å². The van der Waals surface area contributed by atoms with Crippen LogP contribution < -0.4 is 0 Å². The molecule has 5 nitrogen and oxygen atoms in total. The molecule has 5 saturated carbocycles. The predicted octanol–water partition coefficient (Wildman–Crippen LogP) is 3.76. The zero-order chi connectivity index (χ0) is 24.2.